The Morgan fingerprint density at radius 3 is 1.41 bits per heavy atom. The Hall–Kier alpha value is -1.84. The third kappa shape index (κ3) is 2.64. The maximum atomic E-state index is 6.05. The summed E-state index contributed by atoms with van der Waals surface area (Å²) >= 11 is 0. The number of anilines is 2. The first kappa shape index (κ1) is 11.6. The molecule has 0 saturated heterocycles. The molecule has 0 unspecified atom stereocenters. The number of rotatable bonds is 3. The van der Waals surface area contributed by atoms with Crippen LogP contribution in [0.1, 0.15) is 6.92 Å². The minimum absolute atomic E-state index is 0.942. The summed E-state index contributed by atoms with van der Waals surface area (Å²) in [6.07, 6.45) is 0. The van der Waals surface area contributed by atoms with Gasteiger partial charge in [-0.2, -0.15) is 0 Å². The number of nitrogens with zero attached hydrogens (tertiary/aromatic N) is 1. The molecule has 0 spiro atoms. The van der Waals surface area contributed by atoms with E-state index in [4.69, 9.17) is 11.5 Å². The van der Waals surface area contributed by atoms with Crippen LogP contribution in [0.2, 0.25) is 0 Å². The van der Waals surface area contributed by atoms with Crippen molar-refractivity contribution in [1.82, 2.24) is 0 Å². The molecule has 3 heteroatoms. The molecule has 17 heavy (non-hydrogen) atoms. The van der Waals surface area contributed by atoms with Gasteiger partial charge < -0.3 is 4.90 Å². The lowest BCUT2D eigenvalue weighted by atomic mass is 10.2. The molecule has 0 fully saturated rings. The molecule has 0 saturated carbocycles. The fraction of sp³-hybridized carbons (Fsp3) is 0.143. The summed E-state index contributed by atoms with van der Waals surface area (Å²) < 4.78 is 0. The van der Waals surface area contributed by atoms with Gasteiger partial charge in [-0.15, -0.1) is 0 Å². The van der Waals surface area contributed by atoms with E-state index in [-0.39, 0.29) is 0 Å². The van der Waals surface area contributed by atoms with Crippen LogP contribution in [0.25, 0.3) is 0 Å². The van der Waals surface area contributed by atoms with Crippen molar-refractivity contribution in [2.75, 3.05) is 4.90 Å². The molecule has 0 aromatic heterocycles. The molecule has 0 radical (unpaired) electrons. The highest BCUT2D eigenvalue weighted by Gasteiger charge is 2.24. The normalized spacial score (nSPS) is 11.2. The van der Waals surface area contributed by atoms with Crippen LogP contribution >= 0.6 is 0 Å². The SMILES string of the molecule is CC(N)(N)N(c1ccccc1)c1ccccc1. The fourth-order valence-electron chi connectivity index (χ4n) is 1.86. The summed E-state index contributed by atoms with van der Waals surface area (Å²) in [6.45, 7) is 1.78. The van der Waals surface area contributed by atoms with Crippen LogP contribution in [0.15, 0.2) is 60.7 Å². The van der Waals surface area contributed by atoms with Crippen LogP contribution in [0.3, 0.4) is 0 Å². The molecule has 3 nitrogen and oxygen atoms in total. The van der Waals surface area contributed by atoms with E-state index in [1.54, 1.807) is 6.92 Å². The number of benzene rings is 2. The standard InChI is InChI=1S/C14H17N3/c1-14(15,16)17(12-8-4-2-5-9-12)13-10-6-3-7-11-13/h2-11H,15-16H2,1H3. The van der Waals surface area contributed by atoms with E-state index < -0.39 is 5.79 Å². The average Bonchev–Trinajstić information content (AvgIpc) is 2.30. The smallest absolute Gasteiger partial charge is 0.142 e. The quantitative estimate of drug-likeness (QED) is 0.792. The topological polar surface area (TPSA) is 55.3 Å². The second kappa shape index (κ2) is 4.57. The second-order valence-electron chi connectivity index (χ2n) is 4.23. The maximum absolute atomic E-state index is 6.05. The van der Waals surface area contributed by atoms with Gasteiger partial charge in [0.25, 0.3) is 0 Å². The van der Waals surface area contributed by atoms with E-state index in [2.05, 4.69) is 0 Å². The summed E-state index contributed by atoms with van der Waals surface area (Å²) in [6, 6.07) is 19.8. The third-order valence-electron chi connectivity index (χ3n) is 2.51. The molecule has 0 amide bonds. The predicted octanol–water partition coefficient (Wildman–Crippen LogP) is 2.42. The second-order valence-corrected chi connectivity index (χ2v) is 4.23. The highest BCUT2D eigenvalue weighted by Crippen LogP contribution is 2.28. The molecule has 2 aromatic carbocycles. The zero-order chi connectivity index (χ0) is 12.3. The van der Waals surface area contributed by atoms with E-state index >= 15 is 0 Å². The highest BCUT2D eigenvalue weighted by atomic mass is 15.3. The summed E-state index contributed by atoms with van der Waals surface area (Å²) in [5, 5.41) is 0. The van der Waals surface area contributed by atoms with E-state index in [1.165, 1.54) is 0 Å². The number of para-hydroxylation sites is 2. The van der Waals surface area contributed by atoms with Crippen LogP contribution in [-0.4, -0.2) is 5.79 Å². The number of nitrogens with two attached hydrogens (primary N) is 2. The zero-order valence-electron chi connectivity index (χ0n) is 9.88. The first-order valence-electron chi connectivity index (χ1n) is 5.57. The third-order valence-corrected chi connectivity index (χ3v) is 2.51. The van der Waals surface area contributed by atoms with Crippen molar-refractivity contribution in [3.63, 3.8) is 0 Å². The summed E-state index contributed by atoms with van der Waals surface area (Å²) in [4.78, 5) is 1.91. The van der Waals surface area contributed by atoms with Crippen LogP contribution < -0.4 is 16.4 Å². The molecule has 2 rings (SSSR count). The Morgan fingerprint density at radius 1 is 0.765 bits per heavy atom. The summed E-state index contributed by atoms with van der Waals surface area (Å²) in [7, 11) is 0. The Kier molecular flexibility index (Phi) is 3.13. The van der Waals surface area contributed by atoms with Gasteiger partial charge in [0.2, 0.25) is 0 Å². The molecular weight excluding hydrogens is 210 g/mol. The van der Waals surface area contributed by atoms with Crippen molar-refractivity contribution in [1.29, 1.82) is 0 Å². The lowest BCUT2D eigenvalue weighted by Gasteiger charge is -2.36. The van der Waals surface area contributed by atoms with Crippen molar-refractivity contribution in [3.05, 3.63) is 60.7 Å². The van der Waals surface area contributed by atoms with E-state index in [9.17, 15) is 0 Å². The average molecular weight is 227 g/mol. The number of hydrogen-bond donors (Lipinski definition) is 2. The van der Waals surface area contributed by atoms with Gasteiger partial charge in [-0.3, -0.25) is 11.5 Å². The van der Waals surface area contributed by atoms with Gasteiger partial charge in [0.05, 0.1) is 0 Å². The Balaban J connectivity index is 2.48. The minimum Gasteiger partial charge on any atom is -0.311 e. The monoisotopic (exact) mass is 227 g/mol. The number of hydrogen-bond acceptors (Lipinski definition) is 3. The van der Waals surface area contributed by atoms with Gasteiger partial charge in [-0.05, 0) is 31.2 Å². The van der Waals surface area contributed by atoms with Crippen LogP contribution in [0, 0.1) is 0 Å². The van der Waals surface area contributed by atoms with Crippen molar-refractivity contribution >= 4 is 11.4 Å². The fourth-order valence-corrected chi connectivity index (χ4v) is 1.86. The molecule has 4 N–H and O–H groups in total. The predicted molar refractivity (Wildman–Crippen MR) is 71.8 cm³/mol. The van der Waals surface area contributed by atoms with Gasteiger partial charge in [-0.25, -0.2) is 0 Å². The van der Waals surface area contributed by atoms with Gasteiger partial charge in [0, 0.05) is 11.4 Å². The lowest BCUT2D eigenvalue weighted by Crippen LogP contribution is -2.59. The molecule has 0 heterocycles. The first-order chi connectivity index (χ1) is 8.09. The van der Waals surface area contributed by atoms with Crippen LogP contribution in [0.5, 0.6) is 0 Å². The van der Waals surface area contributed by atoms with E-state index in [0.717, 1.165) is 11.4 Å². The van der Waals surface area contributed by atoms with E-state index in [0.29, 0.717) is 0 Å². The van der Waals surface area contributed by atoms with Gasteiger partial charge >= 0.3 is 0 Å². The van der Waals surface area contributed by atoms with Gasteiger partial charge in [0.15, 0.2) is 0 Å². The van der Waals surface area contributed by atoms with Crippen molar-refractivity contribution < 1.29 is 0 Å². The van der Waals surface area contributed by atoms with Crippen LogP contribution in [-0.2, 0) is 0 Å². The molecule has 0 aliphatic heterocycles. The van der Waals surface area contributed by atoms with Crippen molar-refractivity contribution in [3.8, 4) is 0 Å². The van der Waals surface area contributed by atoms with E-state index in [1.807, 2.05) is 65.6 Å². The largest absolute Gasteiger partial charge is 0.311 e. The molecule has 0 aliphatic rings. The molecule has 0 atom stereocenters. The Labute approximate surface area is 102 Å². The van der Waals surface area contributed by atoms with Gasteiger partial charge in [-0.1, -0.05) is 36.4 Å². The van der Waals surface area contributed by atoms with Crippen LogP contribution in [0.4, 0.5) is 11.4 Å². The Morgan fingerprint density at radius 2 is 1.12 bits per heavy atom. The van der Waals surface area contributed by atoms with Crippen molar-refractivity contribution in [2.24, 2.45) is 11.5 Å². The summed E-state index contributed by atoms with van der Waals surface area (Å²) in [5.41, 5.74) is 14.1. The summed E-state index contributed by atoms with van der Waals surface area (Å²) in [5.74, 6) is -0.942. The zero-order valence-corrected chi connectivity index (χ0v) is 9.88. The highest BCUT2D eigenvalue weighted by molar-refractivity contribution is 5.64. The molecule has 0 bridgehead atoms. The molecule has 2 aromatic rings. The molecule has 88 valence electrons. The maximum Gasteiger partial charge on any atom is 0.142 e. The lowest BCUT2D eigenvalue weighted by molar-refractivity contribution is 0.500. The Bertz CT molecular complexity index is 420. The first-order valence-corrected chi connectivity index (χ1v) is 5.57. The molecule has 0 aliphatic carbocycles. The molecular formula is C14H17N3. The van der Waals surface area contributed by atoms with Crippen molar-refractivity contribution in [2.45, 2.75) is 12.7 Å². The minimum atomic E-state index is -0.942. The van der Waals surface area contributed by atoms with Gasteiger partial charge in [0.1, 0.15) is 5.79 Å².